The average Bonchev–Trinajstić information content (AvgIpc) is 2.47. The first kappa shape index (κ1) is 17.8. The number of carbonyl (C=O) groups excluding carboxylic acids is 3. The predicted molar refractivity (Wildman–Crippen MR) is 63.2 cm³/mol. The first-order chi connectivity index (χ1) is 9.36. The van der Waals surface area contributed by atoms with Crippen LogP contribution in [0.3, 0.4) is 0 Å². The van der Waals surface area contributed by atoms with Crippen molar-refractivity contribution >= 4 is 18.5 Å². The predicted octanol–water partition coefficient (Wildman–Crippen LogP) is 1.34. The number of rotatable bonds is 6. The maximum Gasteiger partial charge on any atom is 0.508 e. The minimum absolute atomic E-state index is 0.201. The van der Waals surface area contributed by atoms with Crippen LogP contribution in [0.5, 0.6) is 0 Å². The van der Waals surface area contributed by atoms with Gasteiger partial charge in [0.05, 0.1) is 26.7 Å². The fourth-order valence-electron chi connectivity index (χ4n) is 1.00. The van der Waals surface area contributed by atoms with Gasteiger partial charge in [-0.1, -0.05) is 0 Å². The van der Waals surface area contributed by atoms with Crippen molar-refractivity contribution in [3.63, 3.8) is 0 Å². The highest BCUT2D eigenvalue weighted by atomic mass is 16.7. The van der Waals surface area contributed by atoms with Crippen molar-refractivity contribution in [2.45, 2.75) is 6.92 Å². The summed E-state index contributed by atoms with van der Waals surface area (Å²) in [7, 11) is 3.45. The first-order valence-electron chi connectivity index (χ1n) is 5.49. The lowest BCUT2D eigenvalue weighted by molar-refractivity contribution is -0.0392. The quantitative estimate of drug-likeness (QED) is 0.529. The Balaban J connectivity index is 4.51. The standard InChI is InChI=1S/C11H18O9/c1-11(5-18-8(12)15-2,6-19-9(13)16-3)7-20-10(14)17-4/h5-7H2,1-4H3. The van der Waals surface area contributed by atoms with Gasteiger partial charge >= 0.3 is 18.5 Å². The molecule has 9 nitrogen and oxygen atoms in total. The minimum atomic E-state index is -0.976. The fourth-order valence-corrected chi connectivity index (χ4v) is 1.00. The molecule has 0 aliphatic heterocycles. The molecule has 0 aliphatic carbocycles. The molecule has 0 spiro atoms. The van der Waals surface area contributed by atoms with Gasteiger partial charge in [-0.25, -0.2) is 14.4 Å². The molecule has 0 fully saturated rings. The lowest BCUT2D eigenvalue weighted by Gasteiger charge is -2.26. The van der Waals surface area contributed by atoms with Gasteiger partial charge in [-0.3, -0.25) is 0 Å². The summed E-state index contributed by atoms with van der Waals surface area (Å²) in [6.45, 7) is 0.969. The monoisotopic (exact) mass is 294 g/mol. The molecule has 0 saturated heterocycles. The van der Waals surface area contributed by atoms with Crippen LogP contribution < -0.4 is 0 Å². The highest BCUT2D eigenvalue weighted by molar-refractivity contribution is 5.60. The maximum absolute atomic E-state index is 10.9. The molecular formula is C11H18O9. The Hall–Kier alpha value is -2.19. The van der Waals surface area contributed by atoms with Gasteiger partial charge in [0.25, 0.3) is 0 Å². The lowest BCUT2D eigenvalue weighted by atomic mass is 9.94. The molecule has 0 bridgehead atoms. The second-order valence-electron chi connectivity index (χ2n) is 4.04. The average molecular weight is 294 g/mol. The molecule has 0 radical (unpaired) electrons. The molecule has 0 saturated carbocycles. The van der Waals surface area contributed by atoms with E-state index in [1.165, 1.54) is 0 Å². The summed E-state index contributed by atoms with van der Waals surface area (Å²) in [5.41, 5.74) is -0.976. The van der Waals surface area contributed by atoms with Crippen molar-refractivity contribution in [3.05, 3.63) is 0 Å². The molecule has 0 aliphatic rings. The Morgan fingerprint density at radius 1 is 0.700 bits per heavy atom. The largest absolute Gasteiger partial charge is 0.508 e. The summed E-state index contributed by atoms with van der Waals surface area (Å²) in [6.07, 6.45) is -2.73. The zero-order valence-electron chi connectivity index (χ0n) is 11.8. The van der Waals surface area contributed by atoms with E-state index in [-0.39, 0.29) is 19.8 Å². The third-order valence-corrected chi connectivity index (χ3v) is 2.12. The first-order valence-corrected chi connectivity index (χ1v) is 5.49. The van der Waals surface area contributed by atoms with E-state index in [0.29, 0.717) is 0 Å². The van der Waals surface area contributed by atoms with E-state index in [1.807, 2.05) is 0 Å². The van der Waals surface area contributed by atoms with E-state index in [9.17, 15) is 14.4 Å². The van der Waals surface area contributed by atoms with Crippen molar-refractivity contribution in [1.82, 2.24) is 0 Å². The molecule has 0 atom stereocenters. The second kappa shape index (κ2) is 8.83. The van der Waals surface area contributed by atoms with Gasteiger partial charge in [0.15, 0.2) is 0 Å². The van der Waals surface area contributed by atoms with Crippen LogP contribution in [0.1, 0.15) is 6.92 Å². The zero-order chi connectivity index (χ0) is 15.6. The van der Waals surface area contributed by atoms with Gasteiger partial charge in [0.2, 0.25) is 0 Å². The molecule has 0 amide bonds. The molecule has 0 aromatic carbocycles. The van der Waals surface area contributed by atoms with Gasteiger partial charge in [0.1, 0.15) is 19.8 Å². The number of methoxy groups -OCH3 is 3. The normalized spacial score (nSPS) is 10.2. The summed E-state index contributed by atoms with van der Waals surface area (Å²) in [4.78, 5) is 32.8. The summed E-state index contributed by atoms with van der Waals surface area (Å²) >= 11 is 0. The van der Waals surface area contributed by atoms with E-state index in [2.05, 4.69) is 14.2 Å². The minimum Gasteiger partial charge on any atom is -0.438 e. The Morgan fingerprint density at radius 3 is 1.15 bits per heavy atom. The molecule has 0 unspecified atom stereocenters. The SMILES string of the molecule is COC(=O)OCC(C)(COC(=O)OC)COC(=O)OC. The number of carbonyl (C=O) groups is 3. The van der Waals surface area contributed by atoms with Gasteiger partial charge in [0, 0.05) is 0 Å². The molecule has 116 valence electrons. The molecular weight excluding hydrogens is 276 g/mol. The summed E-state index contributed by atoms with van der Waals surface area (Å²) < 4.78 is 27.2. The Labute approximate surface area is 116 Å². The van der Waals surface area contributed by atoms with Crippen LogP contribution in [-0.2, 0) is 28.4 Å². The third-order valence-electron chi connectivity index (χ3n) is 2.12. The van der Waals surface area contributed by atoms with Crippen molar-refractivity contribution in [2.24, 2.45) is 5.41 Å². The molecule has 0 N–H and O–H groups in total. The molecule has 20 heavy (non-hydrogen) atoms. The van der Waals surface area contributed by atoms with Crippen LogP contribution in [0.25, 0.3) is 0 Å². The topological polar surface area (TPSA) is 107 Å². The Morgan fingerprint density at radius 2 is 0.950 bits per heavy atom. The van der Waals surface area contributed by atoms with Gasteiger partial charge in [-0.05, 0) is 6.92 Å². The highest BCUT2D eigenvalue weighted by Gasteiger charge is 2.31. The van der Waals surface area contributed by atoms with Crippen molar-refractivity contribution in [2.75, 3.05) is 41.2 Å². The van der Waals surface area contributed by atoms with E-state index in [1.54, 1.807) is 6.92 Å². The van der Waals surface area contributed by atoms with Crippen LogP contribution in [0, 0.1) is 5.41 Å². The number of hydrogen-bond acceptors (Lipinski definition) is 9. The van der Waals surface area contributed by atoms with Crippen molar-refractivity contribution in [3.8, 4) is 0 Å². The fraction of sp³-hybridized carbons (Fsp3) is 0.727. The van der Waals surface area contributed by atoms with Gasteiger partial charge < -0.3 is 28.4 Å². The molecule has 0 rings (SSSR count). The van der Waals surface area contributed by atoms with Crippen molar-refractivity contribution < 1.29 is 42.8 Å². The van der Waals surface area contributed by atoms with E-state index in [0.717, 1.165) is 21.3 Å². The third kappa shape index (κ3) is 7.29. The van der Waals surface area contributed by atoms with Crippen LogP contribution in [-0.4, -0.2) is 59.6 Å². The Bertz CT molecular complexity index is 288. The van der Waals surface area contributed by atoms with Gasteiger partial charge in [-0.2, -0.15) is 0 Å². The van der Waals surface area contributed by atoms with Crippen LogP contribution >= 0.6 is 0 Å². The number of hydrogen-bond donors (Lipinski definition) is 0. The highest BCUT2D eigenvalue weighted by Crippen LogP contribution is 2.19. The summed E-state index contributed by atoms with van der Waals surface area (Å²) in [6, 6.07) is 0. The van der Waals surface area contributed by atoms with Crippen LogP contribution in [0.2, 0.25) is 0 Å². The maximum atomic E-state index is 10.9. The zero-order valence-corrected chi connectivity index (χ0v) is 11.8. The van der Waals surface area contributed by atoms with E-state index in [4.69, 9.17) is 14.2 Å². The molecule has 0 heterocycles. The molecule has 9 heteroatoms. The lowest BCUT2D eigenvalue weighted by Crippen LogP contribution is -2.36. The van der Waals surface area contributed by atoms with Crippen molar-refractivity contribution in [1.29, 1.82) is 0 Å². The summed E-state index contributed by atoms with van der Waals surface area (Å²) in [5.74, 6) is 0. The smallest absolute Gasteiger partial charge is 0.438 e. The Kier molecular flexibility index (Phi) is 7.87. The molecule has 0 aromatic heterocycles. The van der Waals surface area contributed by atoms with Gasteiger partial charge in [-0.15, -0.1) is 0 Å². The van der Waals surface area contributed by atoms with E-state index >= 15 is 0 Å². The van der Waals surface area contributed by atoms with E-state index < -0.39 is 23.9 Å². The van der Waals surface area contributed by atoms with Crippen LogP contribution in [0.15, 0.2) is 0 Å². The number of ether oxygens (including phenoxy) is 6. The second-order valence-corrected chi connectivity index (χ2v) is 4.04. The molecule has 0 aromatic rings. The summed E-state index contributed by atoms with van der Waals surface area (Å²) in [5, 5.41) is 0. The van der Waals surface area contributed by atoms with Crippen LogP contribution in [0.4, 0.5) is 14.4 Å².